The fourth-order valence-corrected chi connectivity index (χ4v) is 1.30. The second kappa shape index (κ2) is 3.58. The van der Waals surface area contributed by atoms with Gasteiger partial charge in [-0.2, -0.15) is 0 Å². The van der Waals surface area contributed by atoms with E-state index in [0.29, 0.717) is 5.39 Å². The zero-order chi connectivity index (χ0) is 11.0. The van der Waals surface area contributed by atoms with Gasteiger partial charge in [0, 0.05) is 5.39 Å². The van der Waals surface area contributed by atoms with Crippen molar-refractivity contribution in [2.75, 3.05) is 0 Å². The van der Waals surface area contributed by atoms with Gasteiger partial charge in [-0.15, -0.1) is 0 Å². The fraction of sp³-hybridized carbons (Fsp3) is 0.200. The van der Waals surface area contributed by atoms with Crippen molar-refractivity contribution in [3.05, 3.63) is 35.8 Å². The molecular weight excluding hydrogens is 209 g/mol. The summed E-state index contributed by atoms with van der Waals surface area (Å²) >= 11 is 0. The van der Waals surface area contributed by atoms with Crippen LogP contribution in [0.3, 0.4) is 0 Å². The summed E-state index contributed by atoms with van der Waals surface area (Å²) in [6.45, 7) is 0. The second-order valence-electron chi connectivity index (χ2n) is 3.11. The Kier molecular flexibility index (Phi) is 2.40. The quantitative estimate of drug-likeness (QED) is 0.837. The predicted octanol–water partition coefficient (Wildman–Crippen LogP) is 2.87. The van der Waals surface area contributed by atoms with E-state index in [-0.39, 0.29) is 11.3 Å². The van der Waals surface area contributed by atoms with Gasteiger partial charge in [-0.3, -0.25) is 0 Å². The van der Waals surface area contributed by atoms with Gasteiger partial charge < -0.3 is 9.52 Å². The molecule has 80 valence electrons. The summed E-state index contributed by atoms with van der Waals surface area (Å²) in [6, 6.07) is 4.84. The normalized spacial score (nSPS) is 13.7. The minimum Gasteiger partial charge on any atom is -0.458 e. The molecule has 1 heterocycles. The molecule has 5 heteroatoms. The highest BCUT2D eigenvalue weighted by Crippen LogP contribution is 2.27. The first-order valence-corrected chi connectivity index (χ1v) is 4.23. The van der Waals surface area contributed by atoms with Crippen molar-refractivity contribution >= 4 is 11.0 Å². The Bertz CT molecular complexity index is 478. The molecule has 15 heavy (non-hydrogen) atoms. The third kappa shape index (κ3) is 1.83. The molecule has 1 N–H and O–H groups in total. The van der Waals surface area contributed by atoms with Crippen LogP contribution in [-0.2, 0) is 0 Å². The number of rotatable bonds is 2. The van der Waals surface area contributed by atoms with E-state index in [2.05, 4.69) is 0 Å². The van der Waals surface area contributed by atoms with Crippen molar-refractivity contribution in [3.8, 4) is 0 Å². The Morgan fingerprint density at radius 1 is 1.20 bits per heavy atom. The molecule has 2 nitrogen and oxygen atoms in total. The van der Waals surface area contributed by atoms with Crippen LogP contribution < -0.4 is 0 Å². The van der Waals surface area contributed by atoms with Crippen LogP contribution in [-0.4, -0.2) is 11.5 Å². The topological polar surface area (TPSA) is 33.4 Å². The first kappa shape index (κ1) is 10.0. The SMILES string of the molecule is OC(c1cc2cc(F)ccc2o1)C(F)F. The van der Waals surface area contributed by atoms with E-state index in [1.54, 1.807) is 0 Å². The van der Waals surface area contributed by atoms with Crippen LogP contribution in [0, 0.1) is 5.82 Å². The summed E-state index contributed by atoms with van der Waals surface area (Å²) in [5.74, 6) is -0.744. The van der Waals surface area contributed by atoms with Crippen LogP contribution in [0.5, 0.6) is 0 Å². The summed E-state index contributed by atoms with van der Waals surface area (Å²) in [5.41, 5.74) is 0.270. The number of benzene rings is 1. The molecule has 1 atom stereocenters. The van der Waals surface area contributed by atoms with Gasteiger partial charge in [0.15, 0.2) is 6.10 Å². The van der Waals surface area contributed by atoms with Crippen molar-refractivity contribution in [2.24, 2.45) is 0 Å². The van der Waals surface area contributed by atoms with Gasteiger partial charge in [0.2, 0.25) is 0 Å². The average molecular weight is 216 g/mol. The molecule has 2 rings (SSSR count). The van der Waals surface area contributed by atoms with Crippen LogP contribution in [0.4, 0.5) is 13.2 Å². The molecule has 0 saturated carbocycles. The second-order valence-corrected chi connectivity index (χ2v) is 3.11. The van der Waals surface area contributed by atoms with Gasteiger partial charge in [0.1, 0.15) is 17.2 Å². The Morgan fingerprint density at radius 3 is 2.60 bits per heavy atom. The summed E-state index contributed by atoms with van der Waals surface area (Å²) in [5, 5.41) is 9.38. The first-order chi connectivity index (χ1) is 7.08. The van der Waals surface area contributed by atoms with Crippen LogP contribution in [0.25, 0.3) is 11.0 Å². The molecule has 1 aromatic carbocycles. The molecule has 2 aromatic rings. The molecule has 0 bridgehead atoms. The summed E-state index contributed by atoms with van der Waals surface area (Å²) in [4.78, 5) is 0. The van der Waals surface area contributed by atoms with Gasteiger partial charge in [-0.1, -0.05) is 0 Å². The Hall–Kier alpha value is -1.49. The fourth-order valence-electron chi connectivity index (χ4n) is 1.30. The van der Waals surface area contributed by atoms with Crippen LogP contribution in [0.1, 0.15) is 11.9 Å². The Balaban J connectivity index is 2.47. The van der Waals surface area contributed by atoms with Gasteiger partial charge in [-0.25, -0.2) is 13.2 Å². The minimum atomic E-state index is -2.92. The number of aliphatic hydroxyl groups is 1. The maximum atomic E-state index is 12.8. The van der Waals surface area contributed by atoms with E-state index < -0.39 is 18.3 Å². The zero-order valence-electron chi connectivity index (χ0n) is 7.45. The highest BCUT2D eigenvalue weighted by Gasteiger charge is 2.23. The van der Waals surface area contributed by atoms with Gasteiger partial charge in [-0.05, 0) is 24.3 Å². The van der Waals surface area contributed by atoms with Crippen LogP contribution >= 0.6 is 0 Å². The molecule has 0 spiro atoms. The summed E-state index contributed by atoms with van der Waals surface area (Å²) in [7, 11) is 0. The number of halogens is 3. The maximum absolute atomic E-state index is 12.8. The van der Waals surface area contributed by atoms with Crippen molar-refractivity contribution in [1.29, 1.82) is 0 Å². The summed E-state index contributed by atoms with van der Waals surface area (Å²) in [6.07, 6.45) is -4.89. The highest BCUT2D eigenvalue weighted by atomic mass is 19.3. The van der Waals surface area contributed by atoms with Crippen molar-refractivity contribution in [3.63, 3.8) is 0 Å². The Labute approximate surface area is 82.9 Å². The molecule has 0 fully saturated rings. The molecule has 0 aliphatic rings. The number of fused-ring (bicyclic) bond motifs is 1. The number of hydrogen-bond donors (Lipinski definition) is 1. The molecule has 0 aliphatic carbocycles. The lowest BCUT2D eigenvalue weighted by molar-refractivity contribution is -0.0168. The third-order valence-corrected chi connectivity index (χ3v) is 2.03. The number of furan rings is 1. The van der Waals surface area contributed by atoms with Crippen molar-refractivity contribution in [1.82, 2.24) is 0 Å². The number of aliphatic hydroxyl groups excluding tert-OH is 1. The maximum Gasteiger partial charge on any atom is 0.271 e. The lowest BCUT2D eigenvalue weighted by atomic mass is 10.2. The summed E-state index contributed by atoms with van der Waals surface area (Å²) < 4.78 is 42.0. The van der Waals surface area contributed by atoms with Crippen molar-refractivity contribution < 1.29 is 22.7 Å². The molecule has 0 radical (unpaired) electrons. The van der Waals surface area contributed by atoms with E-state index in [4.69, 9.17) is 9.52 Å². The number of alkyl halides is 2. The average Bonchev–Trinajstić information content (AvgIpc) is 2.58. The lowest BCUT2D eigenvalue weighted by Gasteiger charge is -2.03. The molecule has 0 saturated heterocycles. The molecular formula is C10H7F3O2. The van der Waals surface area contributed by atoms with Gasteiger partial charge in [0.05, 0.1) is 0 Å². The smallest absolute Gasteiger partial charge is 0.271 e. The van der Waals surface area contributed by atoms with E-state index in [0.717, 1.165) is 12.1 Å². The lowest BCUT2D eigenvalue weighted by Crippen LogP contribution is -2.06. The highest BCUT2D eigenvalue weighted by molar-refractivity contribution is 5.77. The van der Waals surface area contributed by atoms with Crippen LogP contribution in [0.2, 0.25) is 0 Å². The van der Waals surface area contributed by atoms with Crippen LogP contribution in [0.15, 0.2) is 28.7 Å². The van der Waals surface area contributed by atoms with E-state index in [1.807, 2.05) is 0 Å². The molecule has 1 unspecified atom stereocenters. The van der Waals surface area contributed by atoms with Gasteiger partial charge >= 0.3 is 0 Å². The minimum absolute atomic E-state index is 0.259. The molecule has 0 aliphatic heterocycles. The largest absolute Gasteiger partial charge is 0.458 e. The van der Waals surface area contributed by atoms with E-state index in [1.165, 1.54) is 12.1 Å². The predicted molar refractivity (Wildman–Crippen MR) is 47.1 cm³/mol. The monoisotopic (exact) mass is 216 g/mol. The third-order valence-electron chi connectivity index (χ3n) is 2.03. The first-order valence-electron chi connectivity index (χ1n) is 4.23. The van der Waals surface area contributed by atoms with Crippen molar-refractivity contribution in [2.45, 2.75) is 12.5 Å². The van der Waals surface area contributed by atoms with E-state index in [9.17, 15) is 13.2 Å². The van der Waals surface area contributed by atoms with Gasteiger partial charge in [0.25, 0.3) is 6.43 Å². The number of hydrogen-bond acceptors (Lipinski definition) is 2. The van der Waals surface area contributed by atoms with E-state index >= 15 is 0 Å². The molecule has 0 amide bonds. The standard InChI is InChI=1S/C10H7F3O2/c11-6-1-2-7-5(3-6)4-8(15-7)9(14)10(12)13/h1-4,9-10,14H. The molecule has 1 aromatic heterocycles. The Morgan fingerprint density at radius 2 is 1.93 bits per heavy atom. The zero-order valence-corrected chi connectivity index (χ0v) is 7.45.